The second kappa shape index (κ2) is 9.17. The zero-order valence-corrected chi connectivity index (χ0v) is 19.3. The average Bonchev–Trinajstić information content (AvgIpc) is 3.25. The van der Waals surface area contributed by atoms with E-state index in [1.807, 2.05) is 55.5 Å². The Hall–Kier alpha value is -3.12. The van der Waals surface area contributed by atoms with Crippen LogP contribution in [0.3, 0.4) is 0 Å². The van der Waals surface area contributed by atoms with Crippen LogP contribution in [0.5, 0.6) is 5.75 Å². The molecule has 0 spiro atoms. The quantitative estimate of drug-likeness (QED) is 0.595. The van der Waals surface area contributed by atoms with Gasteiger partial charge in [0.15, 0.2) is 0 Å². The maximum atomic E-state index is 13.0. The molecule has 1 fully saturated rings. The third-order valence-electron chi connectivity index (χ3n) is 6.26. The summed E-state index contributed by atoms with van der Waals surface area (Å²) < 4.78 is 5.23. The van der Waals surface area contributed by atoms with Crippen LogP contribution < -0.4 is 10.5 Å². The fourth-order valence-electron chi connectivity index (χ4n) is 4.43. The summed E-state index contributed by atoms with van der Waals surface area (Å²) in [6.45, 7) is 3.00. The van der Waals surface area contributed by atoms with Crippen LogP contribution in [-0.2, 0) is 11.2 Å². The summed E-state index contributed by atoms with van der Waals surface area (Å²) in [5.74, 6) is 0.475. The van der Waals surface area contributed by atoms with Gasteiger partial charge in [0.1, 0.15) is 5.75 Å². The minimum atomic E-state index is -0.748. The number of thiophene rings is 1. The van der Waals surface area contributed by atoms with Gasteiger partial charge in [-0.25, -0.2) is 0 Å². The Labute approximate surface area is 192 Å². The Morgan fingerprint density at radius 2 is 1.69 bits per heavy atom. The van der Waals surface area contributed by atoms with Crippen LogP contribution in [0.2, 0.25) is 0 Å². The first-order valence-corrected chi connectivity index (χ1v) is 11.6. The number of rotatable bonds is 6. The fraction of sp³-hybridized carbons (Fsp3) is 0.308. The third-order valence-corrected chi connectivity index (χ3v) is 7.25. The van der Waals surface area contributed by atoms with Crippen LogP contribution >= 0.6 is 11.3 Å². The van der Waals surface area contributed by atoms with Crippen molar-refractivity contribution in [2.45, 2.75) is 26.2 Å². The van der Waals surface area contributed by atoms with Gasteiger partial charge in [0.2, 0.25) is 5.91 Å². The Morgan fingerprint density at radius 1 is 1.03 bits per heavy atom. The van der Waals surface area contributed by atoms with E-state index < -0.39 is 5.41 Å². The van der Waals surface area contributed by atoms with Gasteiger partial charge in [-0.15, -0.1) is 11.3 Å². The number of methoxy groups -OCH3 is 1. The minimum Gasteiger partial charge on any atom is -0.497 e. The van der Waals surface area contributed by atoms with Gasteiger partial charge in [-0.1, -0.05) is 36.4 Å². The number of primary amides is 1. The molecular weight excluding hydrogens is 420 g/mol. The van der Waals surface area contributed by atoms with E-state index in [4.69, 9.17) is 10.5 Å². The summed E-state index contributed by atoms with van der Waals surface area (Å²) in [5.41, 5.74) is 8.41. The predicted octanol–water partition coefficient (Wildman–Crippen LogP) is 4.68. The summed E-state index contributed by atoms with van der Waals surface area (Å²) in [4.78, 5) is 29.2. The molecule has 2 heterocycles. The molecule has 1 aliphatic rings. The number of hydrogen-bond donors (Lipinski definition) is 1. The highest BCUT2D eigenvalue weighted by atomic mass is 32.1. The van der Waals surface area contributed by atoms with Gasteiger partial charge in [-0.2, -0.15) is 0 Å². The molecule has 2 aromatic carbocycles. The van der Waals surface area contributed by atoms with Gasteiger partial charge in [0.25, 0.3) is 5.91 Å². The van der Waals surface area contributed by atoms with Gasteiger partial charge >= 0.3 is 0 Å². The maximum Gasteiger partial charge on any atom is 0.263 e. The number of nitrogens with two attached hydrogens (primary N) is 1. The number of amides is 2. The van der Waals surface area contributed by atoms with E-state index in [0.717, 1.165) is 33.7 Å². The molecule has 32 heavy (non-hydrogen) atoms. The van der Waals surface area contributed by atoms with Gasteiger partial charge in [-0.3, -0.25) is 9.59 Å². The molecule has 1 aromatic heterocycles. The van der Waals surface area contributed by atoms with Crippen LogP contribution in [0.25, 0.3) is 11.1 Å². The number of aryl methyl sites for hydroxylation is 1. The molecule has 166 valence electrons. The molecule has 0 radical (unpaired) electrons. The minimum absolute atomic E-state index is 0.0109. The topological polar surface area (TPSA) is 72.6 Å². The molecule has 0 aliphatic carbocycles. The normalized spacial score (nSPS) is 18.4. The standard InChI is InChI=1S/C26H28N2O3S/c1-18-4-13-23(32-18)24(29)28-15-3-14-26(17-28,25(27)30)16-19-5-7-20(8-6-19)21-9-11-22(31-2)12-10-21/h4-13H,3,14-17H2,1-2H3,(H2,27,30)/t26-/m1/s1. The van der Waals surface area contributed by atoms with Crippen molar-refractivity contribution in [2.24, 2.45) is 11.1 Å². The van der Waals surface area contributed by atoms with Crippen molar-refractivity contribution >= 4 is 23.2 Å². The number of likely N-dealkylation sites (tertiary alicyclic amines) is 1. The molecule has 1 saturated heterocycles. The fourth-order valence-corrected chi connectivity index (χ4v) is 5.27. The number of carbonyl (C=O) groups excluding carboxylic acids is 2. The highest BCUT2D eigenvalue weighted by Gasteiger charge is 2.42. The van der Waals surface area contributed by atoms with Crippen molar-refractivity contribution in [1.29, 1.82) is 0 Å². The maximum absolute atomic E-state index is 13.0. The van der Waals surface area contributed by atoms with Crippen molar-refractivity contribution < 1.29 is 14.3 Å². The van der Waals surface area contributed by atoms with E-state index in [-0.39, 0.29) is 11.8 Å². The first-order valence-electron chi connectivity index (χ1n) is 10.8. The van der Waals surface area contributed by atoms with Gasteiger partial charge in [0, 0.05) is 18.0 Å². The summed E-state index contributed by atoms with van der Waals surface area (Å²) in [5, 5.41) is 0. The number of carbonyl (C=O) groups is 2. The van der Waals surface area contributed by atoms with Crippen LogP contribution in [0, 0.1) is 12.3 Å². The zero-order valence-electron chi connectivity index (χ0n) is 18.5. The average molecular weight is 449 g/mol. The van der Waals surface area contributed by atoms with E-state index in [1.165, 1.54) is 11.3 Å². The second-order valence-electron chi connectivity index (χ2n) is 8.49. The van der Waals surface area contributed by atoms with Crippen LogP contribution in [0.1, 0.15) is 33.0 Å². The SMILES string of the molecule is COc1ccc(-c2ccc(C[C@]3(C(N)=O)CCCN(C(=O)c4ccc(C)s4)C3)cc2)cc1. The van der Waals surface area contributed by atoms with Crippen LogP contribution in [0.15, 0.2) is 60.7 Å². The largest absolute Gasteiger partial charge is 0.497 e. The van der Waals surface area contributed by atoms with Crippen molar-refractivity contribution in [2.75, 3.05) is 20.2 Å². The lowest BCUT2D eigenvalue weighted by Crippen LogP contribution is -2.53. The van der Waals surface area contributed by atoms with Crippen molar-refractivity contribution in [3.05, 3.63) is 76.0 Å². The van der Waals surface area contributed by atoms with Crippen molar-refractivity contribution in [1.82, 2.24) is 4.90 Å². The molecule has 2 amide bonds. The second-order valence-corrected chi connectivity index (χ2v) is 9.78. The number of hydrogen-bond acceptors (Lipinski definition) is 4. The van der Waals surface area contributed by atoms with Crippen molar-refractivity contribution in [3.8, 4) is 16.9 Å². The first kappa shape index (κ1) is 22.1. The van der Waals surface area contributed by atoms with Crippen LogP contribution in [0.4, 0.5) is 0 Å². The molecular formula is C26H28N2O3S. The zero-order chi connectivity index (χ0) is 22.7. The van der Waals surface area contributed by atoms with Crippen LogP contribution in [-0.4, -0.2) is 36.9 Å². The van der Waals surface area contributed by atoms with E-state index in [1.54, 1.807) is 12.0 Å². The van der Waals surface area contributed by atoms with Gasteiger partial charge in [0.05, 0.1) is 17.4 Å². The lowest BCUT2D eigenvalue weighted by atomic mass is 9.74. The molecule has 2 N–H and O–H groups in total. The number of nitrogens with zero attached hydrogens (tertiary/aromatic N) is 1. The first-order chi connectivity index (χ1) is 15.4. The predicted molar refractivity (Wildman–Crippen MR) is 128 cm³/mol. The molecule has 5 nitrogen and oxygen atoms in total. The number of benzene rings is 2. The van der Waals surface area contributed by atoms with Gasteiger partial charge < -0.3 is 15.4 Å². The van der Waals surface area contributed by atoms with E-state index >= 15 is 0 Å². The molecule has 3 aromatic rings. The Balaban J connectivity index is 1.52. The summed E-state index contributed by atoms with van der Waals surface area (Å²) in [7, 11) is 1.65. The lowest BCUT2D eigenvalue weighted by Gasteiger charge is -2.40. The monoisotopic (exact) mass is 448 g/mol. The molecule has 0 saturated carbocycles. The molecule has 0 unspecified atom stereocenters. The summed E-state index contributed by atoms with van der Waals surface area (Å²) in [6, 6.07) is 20.0. The van der Waals surface area contributed by atoms with E-state index in [9.17, 15) is 9.59 Å². The van der Waals surface area contributed by atoms with Crippen molar-refractivity contribution in [3.63, 3.8) is 0 Å². The molecule has 1 atom stereocenters. The molecule has 6 heteroatoms. The number of piperidine rings is 1. The van der Waals surface area contributed by atoms with E-state index in [2.05, 4.69) is 12.1 Å². The lowest BCUT2D eigenvalue weighted by molar-refractivity contribution is -0.130. The third kappa shape index (κ3) is 4.55. The highest BCUT2D eigenvalue weighted by molar-refractivity contribution is 7.13. The Morgan fingerprint density at radius 3 is 2.25 bits per heavy atom. The highest BCUT2D eigenvalue weighted by Crippen LogP contribution is 2.35. The Bertz CT molecular complexity index is 1100. The number of ether oxygens (including phenoxy) is 1. The summed E-state index contributed by atoms with van der Waals surface area (Å²) in [6.07, 6.45) is 1.98. The molecule has 1 aliphatic heterocycles. The summed E-state index contributed by atoms with van der Waals surface area (Å²) >= 11 is 1.49. The molecule has 0 bridgehead atoms. The molecule has 4 rings (SSSR count). The van der Waals surface area contributed by atoms with Gasteiger partial charge in [-0.05, 0) is 67.1 Å². The smallest absolute Gasteiger partial charge is 0.263 e. The Kier molecular flexibility index (Phi) is 6.33. The van der Waals surface area contributed by atoms with E-state index in [0.29, 0.717) is 30.8 Å².